The van der Waals surface area contributed by atoms with Crippen LogP contribution in [0.15, 0.2) is 28.2 Å². The van der Waals surface area contributed by atoms with Gasteiger partial charge in [0, 0.05) is 12.2 Å². The first-order valence-electron chi connectivity index (χ1n) is 7.00. The molecule has 23 heavy (non-hydrogen) atoms. The van der Waals surface area contributed by atoms with Crippen LogP contribution in [0.3, 0.4) is 0 Å². The molecular formula is C14H16ClFN4O2S. The van der Waals surface area contributed by atoms with Crippen LogP contribution in [0.5, 0.6) is 0 Å². The third-order valence-corrected chi connectivity index (χ3v) is 4.39. The van der Waals surface area contributed by atoms with Crippen molar-refractivity contribution < 1.29 is 9.18 Å². The van der Waals surface area contributed by atoms with Crippen LogP contribution in [-0.4, -0.2) is 25.9 Å². The number of anilines is 1. The summed E-state index contributed by atoms with van der Waals surface area (Å²) < 4.78 is 14.6. The molecule has 0 unspecified atom stereocenters. The number of carbonyl (C=O) groups excluding carboxylic acids is 1. The van der Waals surface area contributed by atoms with Gasteiger partial charge >= 0.3 is 5.69 Å². The molecule has 1 heterocycles. The van der Waals surface area contributed by atoms with Crippen LogP contribution in [0, 0.1) is 5.82 Å². The number of halogens is 2. The summed E-state index contributed by atoms with van der Waals surface area (Å²) in [7, 11) is 0. The van der Waals surface area contributed by atoms with Crippen molar-refractivity contribution in [2.24, 2.45) is 0 Å². The number of aromatic amines is 1. The highest BCUT2D eigenvalue weighted by atomic mass is 35.5. The lowest BCUT2D eigenvalue weighted by Crippen LogP contribution is -2.24. The number of hydrogen-bond acceptors (Lipinski definition) is 4. The number of carbonyl (C=O) groups is 1. The van der Waals surface area contributed by atoms with Crippen molar-refractivity contribution in [3.05, 3.63) is 39.5 Å². The quantitative estimate of drug-likeness (QED) is 0.778. The normalized spacial score (nSPS) is 12.2. The van der Waals surface area contributed by atoms with Gasteiger partial charge in [0.25, 0.3) is 0 Å². The Labute approximate surface area is 141 Å². The molecule has 1 aromatic carbocycles. The van der Waals surface area contributed by atoms with Crippen molar-refractivity contribution >= 4 is 35.0 Å². The Morgan fingerprint density at radius 2 is 2.30 bits per heavy atom. The lowest BCUT2D eigenvalue weighted by Gasteiger charge is -2.12. The highest BCUT2D eigenvalue weighted by molar-refractivity contribution is 8.00. The van der Waals surface area contributed by atoms with Crippen molar-refractivity contribution in [2.45, 2.75) is 37.2 Å². The van der Waals surface area contributed by atoms with Gasteiger partial charge in [-0.05, 0) is 31.5 Å². The van der Waals surface area contributed by atoms with E-state index in [4.69, 9.17) is 11.6 Å². The van der Waals surface area contributed by atoms with E-state index in [0.29, 0.717) is 17.4 Å². The molecule has 0 fully saturated rings. The molecule has 0 saturated heterocycles. The van der Waals surface area contributed by atoms with E-state index < -0.39 is 11.1 Å². The van der Waals surface area contributed by atoms with Gasteiger partial charge in [0.05, 0.1) is 10.3 Å². The summed E-state index contributed by atoms with van der Waals surface area (Å²) in [5, 5.41) is 8.85. The Morgan fingerprint density at radius 3 is 2.96 bits per heavy atom. The lowest BCUT2D eigenvalue weighted by atomic mass is 10.3. The number of aromatic nitrogens is 3. The smallest absolute Gasteiger partial charge is 0.325 e. The Balaban J connectivity index is 2.05. The van der Waals surface area contributed by atoms with Gasteiger partial charge in [-0.3, -0.25) is 9.36 Å². The number of H-pyrrole nitrogens is 1. The fourth-order valence-corrected chi connectivity index (χ4v) is 2.91. The number of nitrogens with zero attached hydrogens (tertiary/aromatic N) is 2. The molecule has 0 aliphatic heterocycles. The highest BCUT2D eigenvalue weighted by Crippen LogP contribution is 2.23. The maximum Gasteiger partial charge on any atom is 0.343 e. The summed E-state index contributed by atoms with van der Waals surface area (Å²) in [5.74, 6) is -0.844. The van der Waals surface area contributed by atoms with E-state index in [1.807, 2.05) is 6.92 Å². The molecule has 0 aliphatic carbocycles. The van der Waals surface area contributed by atoms with Gasteiger partial charge in [-0.15, -0.1) is 5.10 Å². The topological polar surface area (TPSA) is 79.8 Å². The standard InChI is InChI=1S/C14H16ClFN4O2S/c1-3-6-20-13(22)18-19-14(20)23-8(2)12(21)17-9-4-5-11(16)10(15)7-9/h4-5,7-8H,3,6H2,1-2H3,(H,17,21)(H,18,22)/t8-/m0/s1. The molecule has 124 valence electrons. The molecule has 0 spiro atoms. The van der Waals surface area contributed by atoms with Crippen molar-refractivity contribution in [1.29, 1.82) is 0 Å². The minimum absolute atomic E-state index is 0.0628. The SMILES string of the molecule is CCCn1c(S[C@@H](C)C(=O)Nc2ccc(F)c(Cl)c2)n[nH]c1=O. The van der Waals surface area contributed by atoms with Gasteiger partial charge in [0.15, 0.2) is 5.16 Å². The zero-order chi connectivity index (χ0) is 17.0. The van der Waals surface area contributed by atoms with Gasteiger partial charge in [0.2, 0.25) is 5.91 Å². The average Bonchev–Trinajstić information content (AvgIpc) is 2.84. The zero-order valence-electron chi connectivity index (χ0n) is 12.6. The van der Waals surface area contributed by atoms with Gasteiger partial charge in [-0.2, -0.15) is 0 Å². The van der Waals surface area contributed by atoms with Crippen LogP contribution in [-0.2, 0) is 11.3 Å². The molecule has 0 saturated carbocycles. The van der Waals surface area contributed by atoms with Gasteiger partial charge in [-0.25, -0.2) is 14.3 Å². The molecule has 1 aromatic heterocycles. The van der Waals surface area contributed by atoms with E-state index in [9.17, 15) is 14.0 Å². The molecule has 1 atom stereocenters. The third kappa shape index (κ3) is 4.35. The van der Waals surface area contributed by atoms with E-state index in [2.05, 4.69) is 15.5 Å². The number of nitrogens with one attached hydrogen (secondary N) is 2. The molecule has 0 bridgehead atoms. The van der Waals surface area contributed by atoms with Gasteiger partial charge in [-0.1, -0.05) is 30.3 Å². The van der Waals surface area contributed by atoms with E-state index in [-0.39, 0.29) is 16.6 Å². The fourth-order valence-electron chi connectivity index (χ4n) is 1.84. The molecule has 2 N–H and O–H groups in total. The molecule has 1 amide bonds. The van der Waals surface area contributed by atoms with Crippen LogP contribution in [0.1, 0.15) is 20.3 Å². The molecule has 6 nitrogen and oxygen atoms in total. The van der Waals surface area contributed by atoms with Gasteiger partial charge in [0.1, 0.15) is 5.82 Å². The summed E-state index contributed by atoms with van der Waals surface area (Å²) in [6, 6.07) is 3.95. The molecule has 2 rings (SSSR count). The number of thioether (sulfide) groups is 1. The second kappa shape index (κ2) is 7.65. The van der Waals surface area contributed by atoms with Crippen LogP contribution < -0.4 is 11.0 Å². The molecule has 9 heteroatoms. The second-order valence-electron chi connectivity index (χ2n) is 4.84. The molecule has 0 radical (unpaired) electrons. The summed E-state index contributed by atoms with van der Waals surface area (Å²) in [6.07, 6.45) is 0.779. The minimum Gasteiger partial charge on any atom is -0.325 e. The number of amides is 1. The average molecular weight is 359 g/mol. The Morgan fingerprint density at radius 1 is 1.57 bits per heavy atom. The first kappa shape index (κ1) is 17.6. The predicted molar refractivity (Wildman–Crippen MR) is 88.5 cm³/mol. The van der Waals surface area contributed by atoms with Crippen molar-refractivity contribution in [1.82, 2.24) is 14.8 Å². The lowest BCUT2D eigenvalue weighted by molar-refractivity contribution is -0.115. The number of hydrogen-bond donors (Lipinski definition) is 2. The summed E-state index contributed by atoms with van der Waals surface area (Å²) in [5.41, 5.74) is 0.106. The maximum absolute atomic E-state index is 13.1. The molecule has 0 aliphatic rings. The first-order valence-corrected chi connectivity index (χ1v) is 8.26. The molecular weight excluding hydrogens is 343 g/mol. The Hall–Kier alpha value is -1.80. The van der Waals surface area contributed by atoms with Crippen LogP contribution >= 0.6 is 23.4 Å². The van der Waals surface area contributed by atoms with E-state index >= 15 is 0 Å². The van der Waals surface area contributed by atoms with Crippen molar-refractivity contribution in [3.8, 4) is 0 Å². The van der Waals surface area contributed by atoms with E-state index in [0.717, 1.165) is 6.42 Å². The first-order chi connectivity index (χ1) is 10.9. The zero-order valence-corrected chi connectivity index (χ0v) is 14.2. The van der Waals surface area contributed by atoms with Gasteiger partial charge < -0.3 is 5.32 Å². The third-order valence-electron chi connectivity index (χ3n) is 3.01. The van der Waals surface area contributed by atoms with E-state index in [1.165, 1.54) is 34.5 Å². The van der Waals surface area contributed by atoms with Crippen LogP contribution in [0.25, 0.3) is 0 Å². The van der Waals surface area contributed by atoms with Crippen molar-refractivity contribution in [2.75, 3.05) is 5.32 Å². The second-order valence-corrected chi connectivity index (χ2v) is 6.56. The fraction of sp³-hybridized carbons (Fsp3) is 0.357. The van der Waals surface area contributed by atoms with E-state index in [1.54, 1.807) is 6.92 Å². The number of rotatable bonds is 6. The molecule has 2 aromatic rings. The highest BCUT2D eigenvalue weighted by Gasteiger charge is 2.19. The minimum atomic E-state index is -0.549. The Kier molecular flexibility index (Phi) is 5.84. The van der Waals surface area contributed by atoms with Crippen LogP contribution in [0.4, 0.5) is 10.1 Å². The predicted octanol–water partition coefficient (Wildman–Crippen LogP) is 2.89. The number of benzene rings is 1. The monoisotopic (exact) mass is 358 g/mol. The maximum atomic E-state index is 13.1. The largest absolute Gasteiger partial charge is 0.343 e. The summed E-state index contributed by atoms with van der Waals surface area (Å²) in [4.78, 5) is 23.8. The summed E-state index contributed by atoms with van der Waals surface area (Å²) in [6.45, 7) is 4.17. The Bertz CT molecular complexity index is 761. The summed E-state index contributed by atoms with van der Waals surface area (Å²) >= 11 is 6.85. The van der Waals surface area contributed by atoms with Crippen LogP contribution in [0.2, 0.25) is 5.02 Å². The van der Waals surface area contributed by atoms with Crippen molar-refractivity contribution in [3.63, 3.8) is 0 Å².